The van der Waals surface area contributed by atoms with Gasteiger partial charge in [0, 0.05) is 37.6 Å². The maximum Gasteiger partial charge on any atom is 0.277 e. The lowest BCUT2D eigenvalue weighted by Crippen LogP contribution is -2.49. The average molecular weight is 536 g/mol. The third-order valence-electron chi connectivity index (χ3n) is 6.02. The van der Waals surface area contributed by atoms with Gasteiger partial charge in [0.05, 0.1) is 16.9 Å². The molecule has 3 aromatic carbocycles. The Hall–Kier alpha value is -4.25. The van der Waals surface area contributed by atoms with E-state index in [4.69, 9.17) is 4.42 Å². The van der Waals surface area contributed by atoms with Crippen LogP contribution in [0.25, 0.3) is 11.5 Å². The Morgan fingerprint density at radius 2 is 1.55 bits per heavy atom. The molecule has 11 heteroatoms. The van der Waals surface area contributed by atoms with Crippen LogP contribution in [0.5, 0.6) is 0 Å². The molecule has 0 bridgehead atoms. The zero-order valence-electron chi connectivity index (χ0n) is 20.1. The van der Waals surface area contributed by atoms with Gasteiger partial charge in [0.15, 0.2) is 0 Å². The van der Waals surface area contributed by atoms with Crippen molar-refractivity contribution in [1.29, 1.82) is 0 Å². The summed E-state index contributed by atoms with van der Waals surface area (Å²) in [6, 6.07) is 19.5. The van der Waals surface area contributed by atoms with Crippen LogP contribution in [0.3, 0.4) is 0 Å². The third kappa shape index (κ3) is 5.83. The van der Waals surface area contributed by atoms with Crippen molar-refractivity contribution >= 4 is 35.0 Å². The number of benzene rings is 3. The van der Waals surface area contributed by atoms with Gasteiger partial charge in [0.2, 0.25) is 5.91 Å². The minimum atomic E-state index is -0.514. The Balaban J connectivity index is 1.10. The van der Waals surface area contributed by atoms with E-state index in [9.17, 15) is 18.4 Å². The standard InChI is InChI=1S/C27H23F2N5O3S/c28-22-7-3-1-5-20(22)25-31-32-27(37-25)38-17-24(35)30-18-9-11-19(12-10-18)33-13-15-34(16-14-33)26(36)21-6-2-4-8-23(21)29/h1-12H,13-17H2,(H,30,35). The van der Waals surface area contributed by atoms with E-state index in [0.29, 0.717) is 31.9 Å². The smallest absolute Gasteiger partial charge is 0.277 e. The van der Waals surface area contributed by atoms with E-state index in [1.807, 2.05) is 12.1 Å². The molecule has 0 radical (unpaired) electrons. The molecule has 194 valence electrons. The van der Waals surface area contributed by atoms with Gasteiger partial charge >= 0.3 is 0 Å². The van der Waals surface area contributed by atoms with Crippen molar-refractivity contribution in [2.45, 2.75) is 5.22 Å². The summed E-state index contributed by atoms with van der Waals surface area (Å²) in [6.45, 7) is 2.19. The number of nitrogens with zero attached hydrogens (tertiary/aromatic N) is 4. The molecule has 0 aliphatic carbocycles. The summed E-state index contributed by atoms with van der Waals surface area (Å²) in [6.07, 6.45) is 0. The highest BCUT2D eigenvalue weighted by Crippen LogP contribution is 2.25. The largest absolute Gasteiger partial charge is 0.411 e. The lowest BCUT2D eigenvalue weighted by molar-refractivity contribution is -0.113. The van der Waals surface area contributed by atoms with Crippen molar-refractivity contribution in [1.82, 2.24) is 15.1 Å². The van der Waals surface area contributed by atoms with E-state index in [1.165, 1.54) is 18.2 Å². The number of aromatic nitrogens is 2. The average Bonchev–Trinajstić information content (AvgIpc) is 3.41. The molecule has 0 unspecified atom stereocenters. The highest BCUT2D eigenvalue weighted by Gasteiger charge is 2.24. The lowest BCUT2D eigenvalue weighted by atomic mass is 10.1. The van der Waals surface area contributed by atoms with Crippen LogP contribution in [0.1, 0.15) is 10.4 Å². The van der Waals surface area contributed by atoms with Gasteiger partial charge in [-0.3, -0.25) is 9.59 Å². The van der Waals surface area contributed by atoms with Crippen LogP contribution in [0.4, 0.5) is 20.2 Å². The number of piperazine rings is 1. The van der Waals surface area contributed by atoms with Gasteiger partial charge in [-0.05, 0) is 48.5 Å². The molecule has 2 heterocycles. The topological polar surface area (TPSA) is 91.6 Å². The molecule has 1 fully saturated rings. The van der Waals surface area contributed by atoms with E-state index < -0.39 is 11.6 Å². The van der Waals surface area contributed by atoms with Crippen molar-refractivity contribution in [3.63, 3.8) is 0 Å². The second kappa shape index (κ2) is 11.4. The molecule has 1 aliphatic rings. The Labute approximate surface area is 221 Å². The Morgan fingerprint density at radius 3 is 2.26 bits per heavy atom. The predicted molar refractivity (Wildman–Crippen MR) is 140 cm³/mol. The minimum Gasteiger partial charge on any atom is -0.411 e. The molecule has 38 heavy (non-hydrogen) atoms. The number of rotatable bonds is 7. The van der Waals surface area contributed by atoms with Crippen LogP contribution in [-0.4, -0.2) is 58.8 Å². The maximum atomic E-state index is 14.0. The highest BCUT2D eigenvalue weighted by molar-refractivity contribution is 7.99. The van der Waals surface area contributed by atoms with Crippen LogP contribution in [0, 0.1) is 11.6 Å². The maximum absolute atomic E-state index is 14.0. The van der Waals surface area contributed by atoms with Gasteiger partial charge in [-0.2, -0.15) is 0 Å². The van der Waals surface area contributed by atoms with Crippen molar-refractivity contribution < 1.29 is 22.8 Å². The lowest BCUT2D eigenvalue weighted by Gasteiger charge is -2.36. The van der Waals surface area contributed by atoms with Crippen molar-refractivity contribution in [2.75, 3.05) is 42.1 Å². The van der Waals surface area contributed by atoms with Crippen LogP contribution in [0.2, 0.25) is 0 Å². The number of amides is 2. The van der Waals surface area contributed by atoms with Gasteiger partial charge in [-0.25, -0.2) is 8.78 Å². The molecule has 8 nitrogen and oxygen atoms in total. The minimum absolute atomic E-state index is 0.0403. The number of thioether (sulfide) groups is 1. The van der Waals surface area contributed by atoms with Crippen LogP contribution >= 0.6 is 11.8 Å². The van der Waals surface area contributed by atoms with Crippen LogP contribution in [-0.2, 0) is 4.79 Å². The first-order valence-electron chi connectivity index (χ1n) is 11.9. The van der Waals surface area contributed by atoms with E-state index in [1.54, 1.807) is 47.4 Å². The molecule has 4 aromatic rings. The van der Waals surface area contributed by atoms with Crippen molar-refractivity contribution in [3.05, 3.63) is 90.0 Å². The molecule has 5 rings (SSSR count). The van der Waals surface area contributed by atoms with Gasteiger partial charge in [-0.1, -0.05) is 36.0 Å². The summed E-state index contributed by atoms with van der Waals surface area (Å²) < 4.78 is 33.3. The Bertz CT molecular complexity index is 1440. The van der Waals surface area contributed by atoms with E-state index >= 15 is 0 Å². The molecule has 0 spiro atoms. The number of carbonyl (C=O) groups is 2. The fourth-order valence-corrected chi connectivity index (χ4v) is 4.63. The molecule has 1 aromatic heterocycles. The first kappa shape index (κ1) is 25.4. The molecular formula is C27H23F2N5O3S. The highest BCUT2D eigenvalue weighted by atomic mass is 32.2. The Kier molecular flexibility index (Phi) is 7.64. The summed E-state index contributed by atoms with van der Waals surface area (Å²) >= 11 is 1.06. The summed E-state index contributed by atoms with van der Waals surface area (Å²) in [5.41, 5.74) is 1.88. The fourth-order valence-electron chi connectivity index (χ4n) is 4.06. The van der Waals surface area contributed by atoms with Crippen molar-refractivity contribution in [2.24, 2.45) is 0 Å². The first-order chi connectivity index (χ1) is 18.5. The summed E-state index contributed by atoms with van der Waals surface area (Å²) in [5, 5.41) is 10.7. The number of carbonyl (C=O) groups excluding carboxylic acids is 2. The summed E-state index contributed by atoms with van der Waals surface area (Å²) in [5.74, 6) is -1.44. The number of hydrogen-bond donors (Lipinski definition) is 1. The van der Waals surface area contributed by atoms with E-state index in [-0.39, 0.29) is 39.8 Å². The fraction of sp³-hybridized carbons (Fsp3) is 0.185. The number of anilines is 2. The Morgan fingerprint density at radius 1 is 0.868 bits per heavy atom. The van der Waals surface area contributed by atoms with Gasteiger partial charge in [0.1, 0.15) is 11.6 Å². The van der Waals surface area contributed by atoms with Gasteiger partial charge in [-0.15, -0.1) is 10.2 Å². The number of hydrogen-bond acceptors (Lipinski definition) is 7. The summed E-state index contributed by atoms with van der Waals surface area (Å²) in [4.78, 5) is 28.8. The van der Waals surface area contributed by atoms with Crippen LogP contribution < -0.4 is 10.2 Å². The number of nitrogens with one attached hydrogen (secondary N) is 1. The normalized spacial score (nSPS) is 13.4. The predicted octanol–water partition coefficient (Wildman–Crippen LogP) is 4.71. The van der Waals surface area contributed by atoms with E-state index in [2.05, 4.69) is 20.4 Å². The summed E-state index contributed by atoms with van der Waals surface area (Å²) in [7, 11) is 0. The van der Waals surface area contributed by atoms with Gasteiger partial charge < -0.3 is 19.5 Å². The molecule has 0 saturated carbocycles. The van der Waals surface area contributed by atoms with Crippen LogP contribution in [0.15, 0.2) is 82.4 Å². The number of halogens is 2. The van der Waals surface area contributed by atoms with Crippen molar-refractivity contribution in [3.8, 4) is 11.5 Å². The molecular weight excluding hydrogens is 512 g/mol. The molecule has 1 saturated heterocycles. The van der Waals surface area contributed by atoms with Gasteiger partial charge in [0.25, 0.3) is 17.0 Å². The molecule has 1 aliphatic heterocycles. The SMILES string of the molecule is O=C(CSc1nnc(-c2ccccc2F)o1)Nc1ccc(N2CCN(C(=O)c3ccccc3F)CC2)cc1. The molecule has 0 atom stereocenters. The monoisotopic (exact) mass is 535 g/mol. The van der Waals surface area contributed by atoms with E-state index in [0.717, 1.165) is 17.4 Å². The zero-order valence-corrected chi connectivity index (χ0v) is 21.0. The zero-order chi connectivity index (χ0) is 26.5. The second-order valence-corrected chi connectivity index (χ2v) is 9.42. The second-order valence-electron chi connectivity index (χ2n) is 8.50. The first-order valence-corrected chi connectivity index (χ1v) is 12.9. The quantitative estimate of drug-likeness (QED) is 0.343. The molecule has 2 amide bonds. The molecule has 1 N–H and O–H groups in total. The third-order valence-corrected chi connectivity index (χ3v) is 6.84.